The molecule has 1 aromatic heterocycles. The maximum Gasteiger partial charge on any atom is 0.250 e. The van der Waals surface area contributed by atoms with E-state index < -0.39 is 8.32 Å². The van der Waals surface area contributed by atoms with E-state index >= 15 is 0 Å². The van der Waals surface area contributed by atoms with Gasteiger partial charge in [0, 0.05) is 17.2 Å². The largest absolute Gasteiger partial charge is 0.544 e. The molecular formula is C27H35NO4Si. The number of Topliss-reactive ketones (excluding diaryl/α,β-unsaturated/α-hetero) is 1. The van der Waals surface area contributed by atoms with Gasteiger partial charge in [0.05, 0.1) is 19.4 Å². The Labute approximate surface area is 198 Å². The van der Waals surface area contributed by atoms with Gasteiger partial charge in [-0.2, -0.15) is 0 Å². The second-order valence-corrected chi connectivity index (χ2v) is 14.6. The van der Waals surface area contributed by atoms with Crippen molar-refractivity contribution >= 4 is 19.8 Å². The van der Waals surface area contributed by atoms with Crippen molar-refractivity contribution in [3.05, 3.63) is 78.3 Å². The van der Waals surface area contributed by atoms with Gasteiger partial charge in [-0.25, -0.2) is 0 Å². The molecule has 0 radical (unpaired) electrons. The maximum absolute atomic E-state index is 13.2. The van der Waals surface area contributed by atoms with Crippen LogP contribution in [0.4, 0.5) is 5.69 Å². The van der Waals surface area contributed by atoms with Crippen molar-refractivity contribution in [2.24, 2.45) is 5.92 Å². The Morgan fingerprint density at radius 2 is 1.58 bits per heavy atom. The van der Waals surface area contributed by atoms with Crippen LogP contribution in [0.25, 0.3) is 0 Å². The molecule has 0 bridgehead atoms. The molecule has 176 valence electrons. The van der Waals surface area contributed by atoms with Crippen LogP contribution >= 0.6 is 0 Å². The van der Waals surface area contributed by atoms with Crippen molar-refractivity contribution < 1.29 is 18.4 Å². The number of benzene rings is 2. The van der Waals surface area contributed by atoms with Gasteiger partial charge in [-0.1, -0.05) is 27.7 Å². The van der Waals surface area contributed by atoms with Gasteiger partial charge in [0.2, 0.25) is 8.32 Å². The van der Waals surface area contributed by atoms with Crippen LogP contribution in [-0.4, -0.2) is 21.2 Å². The summed E-state index contributed by atoms with van der Waals surface area (Å²) in [4.78, 5) is 13.2. The van der Waals surface area contributed by atoms with E-state index in [2.05, 4.69) is 39.2 Å². The van der Waals surface area contributed by atoms with Crippen LogP contribution in [-0.2, 0) is 0 Å². The fourth-order valence-electron chi connectivity index (χ4n) is 3.33. The second-order valence-electron chi connectivity index (χ2n) is 9.91. The summed E-state index contributed by atoms with van der Waals surface area (Å²) in [6, 6.07) is 18.6. The van der Waals surface area contributed by atoms with Crippen LogP contribution in [0.1, 0.15) is 49.9 Å². The van der Waals surface area contributed by atoms with Crippen LogP contribution in [0, 0.1) is 5.92 Å². The molecular weight excluding hydrogens is 430 g/mol. The highest BCUT2D eigenvalue weighted by atomic mass is 28.4. The quantitative estimate of drug-likeness (QED) is 0.264. The molecule has 0 aliphatic carbocycles. The number of nitrogens with one attached hydrogen (secondary N) is 1. The molecule has 6 heteroatoms. The molecule has 0 aliphatic rings. The van der Waals surface area contributed by atoms with E-state index in [4.69, 9.17) is 13.6 Å². The lowest BCUT2D eigenvalue weighted by atomic mass is 9.90. The fourth-order valence-corrected chi connectivity index (χ4v) is 4.36. The molecule has 2 aromatic carbocycles. The third-order valence-corrected chi connectivity index (χ3v) is 10.9. The minimum Gasteiger partial charge on any atom is -0.544 e. The first-order chi connectivity index (χ1) is 15.5. The SMILES string of the molecule is COc1ccc(C(=O)[C@@H](C)[C@H](Nc2ccc(O[Si](C)(C)C(C)(C)C)cc2)c2ccco2)cc1. The fraction of sp³-hybridized carbons (Fsp3) is 0.370. The minimum atomic E-state index is -1.90. The van der Waals surface area contributed by atoms with Crippen molar-refractivity contribution in [3.8, 4) is 11.5 Å². The van der Waals surface area contributed by atoms with Crippen LogP contribution < -0.4 is 14.5 Å². The monoisotopic (exact) mass is 465 g/mol. The predicted molar refractivity (Wildman–Crippen MR) is 136 cm³/mol. The number of rotatable bonds is 9. The molecule has 0 spiro atoms. The summed E-state index contributed by atoms with van der Waals surface area (Å²) in [7, 11) is -0.295. The Balaban J connectivity index is 1.79. The highest BCUT2D eigenvalue weighted by Gasteiger charge is 2.39. The summed E-state index contributed by atoms with van der Waals surface area (Å²) in [5.41, 5.74) is 1.54. The van der Waals surface area contributed by atoms with Gasteiger partial charge >= 0.3 is 0 Å². The zero-order chi connectivity index (χ0) is 24.2. The smallest absolute Gasteiger partial charge is 0.250 e. The van der Waals surface area contributed by atoms with Crippen molar-refractivity contribution in [3.63, 3.8) is 0 Å². The number of furan rings is 1. The molecule has 0 amide bonds. The van der Waals surface area contributed by atoms with Crippen LogP contribution in [0.5, 0.6) is 11.5 Å². The first kappa shape index (κ1) is 24.6. The Hall–Kier alpha value is -2.99. The molecule has 0 unspecified atom stereocenters. The highest BCUT2D eigenvalue weighted by Crippen LogP contribution is 2.38. The lowest BCUT2D eigenvalue weighted by molar-refractivity contribution is 0.0912. The average Bonchev–Trinajstić information content (AvgIpc) is 3.31. The van der Waals surface area contributed by atoms with Gasteiger partial charge in [-0.15, -0.1) is 0 Å². The Morgan fingerprint density at radius 1 is 0.970 bits per heavy atom. The van der Waals surface area contributed by atoms with E-state index in [-0.39, 0.29) is 22.8 Å². The summed E-state index contributed by atoms with van der Waals surface area (Å²) in [5.74, 6) is 1.98. The zero-order valence-corrected chi connectivity index (χ0v) is 21.6. The summed E-state index contributed by atoms with van der Waals surface area (Å²) in [6.07, 6.45) is 1.63. The van der Waals surface area contributed by atoms with E-state index in [1.54, 1.807) is 37.6 Å². The van der Waals surface area contributed by atoms with Gasteiger partial charge in [0.1, 0.15) is 17.3 Å². The van der Waals surface area contributed by atoms with E-state index in [0.29, 0.717) is 11.3 Å². The van der Waals surface area contributed by atoms with Crippen molar-refractivity contribution in [1.29, 1.82) is 0 Å². The molecule has 2 atom stereocenters. The Bertz CT molecular complexity index is 1040. The van der Waals surface area contributed by atoms with Gasteiger partial charge in [-0.05, 0) is 78.8 Å². The summed E-state index contributed by atoms with van der Waals surface area (Å²) in [6.45, 7) is 13.1. The highest BCUT2D eigenvalue weighted by molar-refractivity contribution is 6.74. The first-order valence-electron chi connectivity index (χ1n) is 11.3. The second kappa shape index (κ2) is 9.87. The normalized spacial score (nSPS) is 13.8. The van der Waals surface area contributed by atoms with Crippen LogP contribution in [0.15, 0.2) is 71.3 Å². The van der Waals surface area contributed by atoms with Gasteiger partial charge in [0.15, 0.2) is 5.78 Å². The summed E-state index contributed by atoms with van der Waals surface area (Å²) in [5, 5.41) is 3.62. The third-order valence-electron chi connectivity index (χ3n) is 6.49. The molecule has 1 N–H and O–H groups in total. The Morgan fingerprint density at radius 3 is 2.09 bits per heavy atom. The molecule has 33 heavy (non-hydrogen) atoms. The Kier molecular flexibility index (Phi) is 7.37. The van der Waals surface area contributed by atoms with Crippen molar-refractivity contribution in [1.82, 2.24) is 0 Å². The van der Waals surface area contributed by atoms with E-state index in [1.165, 1.54) is 0 Å². The molecule has 0 aliphatic heterocycles. The third kappa shape index (κ3) is 5.88. The van der Waals surface area contributed by atoms with Gasteiger partial charge in [-0.3, -0.25) is 4.79 Å². The number of hydrogen-bond acceptors (Lipinski definition) is 5. The van der Waals surface area contributed by atoms with Gasteiger partial charge < -0.3 is 18.9 Å². The molecule has 1 heterocycles. The number of carbonyl (C=O) groups excluding carboxylic acids is 1. The van der Waals surface area contributed by atoms with E-state index in [9.17, 15) is 4.79 Å². The van der Waals surface area contributed by atoms with Crippen molar-refractivity contribution in [2.75, 3.05) is 12.4 Å². The predicted octanol–water partition coefficient (Wildman–Crippen LogP) is 7.34. The maximum atomic E-state index is 13.2. The molecule has 3 rings (SSSR count). The summed E-state index contributed by atoms with van der Waals surface area (Å²) >= 11 is 0. The molecule has 0 saturated heterocycles. The van der Waals surface area contributed by atoms with Crippen LogP contribution in [0.3, 0.4) is 0 Å². The first-order valence-corrected chi connectivity index (χ1v) is 14.2. The lowest BCUT2D eigenvalue weighted by Crippen LogP contribution is -2.43. The van der Waals surface area contributed by atoms with Crippen molar-refractivity contribution in [2.45, 2.75) is 51.9 Å². The molecule has 5 nitrogen and oxygen atoms in total. The van der Waals surface area contributed by atoms with E-state index in [0.717, 1.165) is 17.2 Å². The zero-order valence-electron chi connectivity index (χ0n) is 20.6. The molecule has 0 saturated carbocycles. The molecule has 0 fully saturated rings. The summed E-state index contributed by atoms with van der Waals surface area (Å²) < 4.78 is 17.3. The number of hydrogen-bond donors (Lipinski definition) is 1. The number of carbonyl (C=O) groups is 1. The number of ether oxygens (including phenoxy) is 1. The van der Waals surface area contributed by atoms with E-state index in [1.807, 2.05) is 43.3 Å². The standard InChI is InChI=1S/C27H35NO4Si/c1-19(26(29)20-10-14-22(30-5)15-11-20)25(24-9-8-18-31-24)28-21-12-16-23(17-13-21)32-33(6,7)27(2,3)4/h8-19,25,28H,1-7H3/t19-,25-/m0/s1. The topological polar surface area (TPSA) is 60.7 Å². The lowest BCUT2D eigenvalue weighted by Gasteiger charge is -2.36. The minimum absolute atomic E-state index is 0.0319. The number of ketones is 1. The average molecular weight is 466 g/mol. The number of anilines is 1. The number of methoxy groups -OCH3 is 1. The molecule has 3 aromatic rings. The van der Waals surface area contributed by atoms with Crippen LogP contribution in [0.2, 0.25) is 18.1 Å². The van der Waals surface area contributed by atoms with Gasteiger partial charge in [0.25, 0.3) is 0 Å².